The summed E-state index contributed by atoms with van der Waals surface area (Å²) in [6.45, 7) is 5.12. The molecule has 0 aliphatic heterocycles. The van der Waals surface area contributed by atoms with Gasteiger partial charge in [0.05, 0.1) is 12.7 Å². The van der Waals surface area contributed by atoms with Gasteiger partial charge >= 0.3 is 5.97 Å². The zero-order valence-corrected chi connectivity index (χ0v) is 16.8. The number of carboxylic acid groups (broad SMARTS) is 1. The van der Waals surface area contributed by atoms with Gasteiger partial charge in [0, 0.05) is 36.6 Å². The van der Waals surface area contributed by atoms with Crippen LogP contribution in [-0.2, 0) is 19.6 Å². The Bertz CT molecular complexity index is 1030. The van der Waals surface area contributed by atoms with Crippen LogP contribution in [0.1, 0.15) is 38.4 Å². The number of halogens is 1. The molecule has 0 aliphatic carbocycles. The maximum Gasteiger partial charge on any atom is 0.337 e. The van der Waals surface area contributed by atoms with Gasteiger partial charge in [-0.05, 0) is 49.2 Å². The molecule has 6 heteroatoms. The molecule has 0 spiro atoms. The van der Waals surface area contributed by atoms with Gasteiger partial charge in [-0.15, -0.1) is 0 Å². The summed E-state index contributed by atoms with van der Waals surface area (Å²) in [5, 5.41) is 13.1. The molecule has 0 fully saturated rings. The van der Waals surface area contributed by atoms with Crippen molar-refractivity contribution in [2.24, 2.45) is 0 Å². The number of benzene rings is 2. The van der Waals surface area contributed by atoms with Gasteiger partial charge < -0.3 is 19.7 Å². The van der Waals surface area contributed by atoms with Crippen molar-refractivity contribution in [2.45, 2.75) is 33.5 Å². The Balaban J connectivity index is 1.82. The number of methoxy groups -OCH3 is 1. The van der Waals surface area contributed by atoms with Gasteiger partial charge in [-0.25, -0.2) is 9.18 Å². The molecular weight excluding hydrogens is 371 g/mol. The van der Waals surface area contributed by atoms with Crippen molar-refractivity contribution in [1.29, 1.82) is 0 Å². The van der Waals surface area contributed by atoms with Gasteiger partial charge in [-0.3, -0.25) is 0 Å². The van der Waals surface area contributed by atoms with Crippen LogP contribution >= 0.6 is 0 Å². The summed E-state index contributed by atoms with van der Waals surface area (Å²) in [5.41, 5.74) is 4.42. The number of carboxylic acids is 1. The van der Waals surface area contributed by atoms with E-state index in [0.29, 0.717) is 30.9 Å². The Morgan fingerprint density at radius 2 is 1.79 bits per heavy atom. The molecule has 3 rings (SSSR count). The lowest BCUT2D eigenvalue weighted by Crippen LogP contribution is -2.15. The van der Waals surface area contributed by atoms with Gasteiger partial charge in [0.1, 0.15) is 11.6 Å². The second-order valence-electron chi connectivity index (χ2n) is 7.00. The van der Waals surface area contributed by atoms with Crippen LogP contribution in [0.4, 0.5) is 4.39 Å². The van der Waals surface area contributed by atoms with E-state index < -0.39 is 5.97 Å². The number of rotatable bonds is 8. The first kappa shape index (κ1) is 20.6. The zero-order chi connectivity index (χ0) is 21.0. The molecule has 0 aliphatic rings. The second kappa shape index (κ2) is 8.92. The lowest BCUT2D eigenvalue weighted by Gasteiger charge is -2.11. The number of hydrogen-bond donors (Lipinski definition) is 2. The third-order valence-electron chi connectivity index (χ3n) is 5.12. The molecule has 3 aromatic rings. The Morgan fingerprint density at radius 1 is 1.07 bits per heavy atom. The molecular formula is C23H25FN2O3. The van der Waals surface area contributed by atoms with Crippen LogP contribution in [0.25, 0.3) is 0 Å². The fraction of sp³-hybridized carbons (Fsp3) is 0.261. The molecule has 0 atom stereocenters. The monoisotopic (exact) mass is 396 g/mol. The SMILES string of the molecule is COc1cccc(CNCc2c(C(=O)O)c(C)n(Cc3cccc(F)c3)c2C)c1. The third-order valence-corrected chi connectivity index (χ3v) is 5.12. The van der Waals surface area contributed by atoms with E-state index in [4.69, 9.17) is 4.74 Å². The summed E-state index contributed by atoms with van der Waals surface area (Å²) >= 11 is 0. The fourth-order valence-corrected chi connectivity index (χ4v) is 3.62. The summed E-state index contributed by atoms with van der Waals surface area (Å²) in [6.07, 6.45) is 0. The van der Waals surface area contributed by atoms with Gasteiger partial charge in [0.15, 0.2) is 0 Å². The summed E-state index contributed by atoms with van der Waals surface area (Å²) in [7, 11) is 1.62. The summed E-state index contributed by atoms with van der Waals surface area (Å²) in [6, 6.07) is 14.1. The van der Waals surface area contributed by atoms with E-state index in [2.05, 4.69) is 5.32 Å². The largest absolute Gasteiger partial charge is 0.497 e. The van der Waals surface area contributed by atoms with Gasteiger partial charge in [-0.1, -0.05) is 24.3 Å². The summed E-state index contributed by atoms with van der Waals surface area (Å²) in [4.78, 5) is 11.9. The van der Waals surface area contributed by atoms with E-state index in [1.807, 2.05) is 41.8 Å². The highest BCUT2D eigenvalue weighted by Gasteiger charge is 2.22. The van der Waals surface area contributed by atoms with Crippen molar-refractivity contribution in [1.82, 2.24) is 9.88 Å². The first-order valence-electron chi connectivity index (χ1n) is 9.40. The molecule has 2 aromatic carbocycles. The number of nitrogens with one attached hydrogen (secondary N) is 1. The van der Waals surface area contributed by atoms with E-state index in [1.54, 1.807) is 20.1 Å². The molecule has 1 aromatic heterocycles. The molecule has 152 valence electrons. The highest BCUT2D eigenvalue weighted by molar-refractivity contribution is 5.91. The second-order valence-corrected chi connectivity index (χ2v) is 7.00. The van der Waals surface area contributed by atoms with Crippen molar-refractivity contribution in [2.75, 3.05) is 7.11 Å². The number of hydrogen-bond acceptors (Lipinski definition) is 3. The lowest BCUT2D eigenvalue weighted by molar-refractivity contribution is 0.0694. The van der Waals surface area contributed by atoms with Crippen LogP contribution in [0.2, 0.25) is 0 Å². The molecule has 0 saturated heterocycles. The van der Waals surface area contributed by atoms with Crippen LogP contribution in [0.5, 0.6) is 5.75 Å². The molecule has 0 amide bonds. The van der Waals surface area contributed by atoms with E-state index >= 15 is 0 Å². The molecule has 5 nitrogen and oxygen atoms in total. The molecule has 0 saturated carbocycles. The summed E-state index contributed by atoms with van der Waals surface area (Å²) < 4.78 is 20.7. The van der Waals surface area contributed by atoms with Crippen LogP contribution in [0, 0.1) is 19.7 Å². The van der Waals surface area contributed by atoms with E-state index in [-0.39, 0.29) is 5.82 Å². The predicted octanol–water partition coefficient (Wildman–Crippen LogP) is 4.29. The molecule has 1 heterocycles. The number of nitrogens with zero attached hydrogens (tertiary/aromatic N) is 1. The number of aromatic nitrogens is 1. The van der Waals surface area contributed by atoms with E-state index in [0.717, 1.165) is 28.1 Å². The average Bonchev–Trinajstić information content (AvgIpc) is 2.93. The predicted molar refractivity (Wildman–Crippen MR) is 110 cm³/mol. The van der Waals surface area contributed by atoms with Gasteiger partial charge in [0.2, 0.25) is 0 Å². The van der Waals surface area contributed by atoms with Crippen LogP contribution in [0.3, 0.4) is 0 Å². The van der Waals surface area contributed by atoms with Crippen molar-refractivity contribution in [3.05, 3.63) is 88.0 Å². The van der Waals surface area contributed by atoms with E-state index in [1.165, 1.54) is 12.1 Å². The molecule has 0 unspecified atom stereocenters. The Morgan fingerprint density at radius 3 is 2.48 bits per heavy atom. The standard InChI is InChI=1S/C23H25FN2O3/c1-15-21(13-25-12-17-6-5-9-20(11-17)29-3)22(23(27)28)16(2)26(15)14-18-7-4-8-19(24)10-18/h4-11,25H,12-14H2,1-3H3,(H,27,28). The van der Waals surface area contributed by atoms with Crippen LogP contribution in [-0.4, -0.2) is 22.8 Å². The first-order chi connectivity index (χ1) is 13.9. The topological polar surface area (TPSA) is 63.5 Å². The average molecular weight is 396 g/mol. The Hall–Kier alpha value is -3.12. The minimum atomic E-state index is -0.957. The number of aromatic carboxylic acids is 1. The Kier molecular flexibility index (Phi) is 6.34. The van der Waals surface area contributed by atoms with Gasteiger partial charge in [-0.2, -0.15) is 0 Å². The third kappa shape index (κ3) is 4.66. The quantitative estimate of drug-likeness (QED) is 0.596. The maximum atomic E-state index is 13.5. The van der Waals surface area contributed by atoms with Crippen molar-refractivity contribution in [3.8, 4) is 5.75 Å². The minimum absolute atomic E-state index is 0.302. The minimum Gasteiger partial charge on any atom is -0.497 e. The molecule has 0 radical (unpaired) electrons. The van der Waals surface area contributed by atoms with E-state index in [9.17, 15) is 14.3 Å². The normalized spacial score (nSPS) is 10.9. The van der Waals surface area contributed by atoms with Crippen molar-refractivity contribution >= 4 is 5.97 Å². The number of carbonyl (C=O) groups is 1. The first-order valence-corrected chi connectivity index (χ1v) is 9.40. The van der Waals surface area contributed by atoms with Crippen molar-refractivity contribution < 1.29 is 19.0 Å². The highest BCUT2D eigenvalue weighted by Crippen LogP contribution is 2.24. The Labute approximate surface area is 169 Å². The summed E-state index contributed by atoms with van der Waals surface area (Å²) in [5.74, 6) is -0.478. The molecule has 2 N–H and O–H groups in total. The molecule has 29 heavy (non-hydrogen) atoms. The van der Waals surface area contributed by atoms with Crippen LogP contribution in [0.15, 0.2) is 48.5 Å². The lowest BCUT2D eigenvalue weighted by atomic mass is 10.1. The smallest absolute Gasteiger partial charge is 0.337 e. The fourth-order valence-electron chi connectivity index (χ4n) is 3.62. The van der Waals surface area contributed by atoms with Gasteiger partial charge in [0.25, 0.3) is 0 Å². The maximum absolute atomic E-state index is 13.5. The number of ether oxygens (including phenoxy) is 1. The van der Waals surface area contributed by atoms with Crippen molar-refractivity contribution in [3.63, 3.8) is 0 Å². The zero-order valence-electron chi connectivity index (χ0n) is 16.8. The highest BCUT2D eigenvalue weighted by atomic mass is 19.1. The molecule has 0 bridgehead atoms. The van der Waals surface area contributed by atoms with Crippen LogP contribution < -0.4 is 10.1 Å².